The smallest absolute Gasteiger partial charge is 0.0526 e. The van der Waals surface area contributed by atoms with E-state index in [1.165, 1.54) is 32.1 Å². The van der Waals surface area contributed by atoms with E-state index in [0.29, 0.717) is 0 Å². The topological polar surface area (TPSA) is 46.2 Å². The van der Waals surface area contributed by atoms with Crippen molar-refractivity contribution in [2.24, 2.45) is 5.73 Å². The SMILES string of the molecule is CCCCCCCC(N)CC(C)O. The largest absolute Gasteiger partial charge is 0.393 e. The summed E-state index contributed by atoms with van der Waals surface area (Å²) in [5.41, 5.74) is 5.83. The van der Waals surface area contributed by atoms with Crippen molar-refractivity contribution in [3.8, 4) is 0 Å². The highest BCUT2D eigenvalue weighted by Gasteiger charge is 2.05. The monoisotopic (exact) mass is 187 g/mol. The average molecular weight is 187 g/mol. The van der Waals surface area contributed by atoms with E-state index in [2.05, 4.69) is 6.92 Å². The van der Waals surface area contributed by atoms with Crippen molar-refractivity contribution < 1.29 is 5.11 Å². The molecule has 0 aliphatic carbocycles. The van der Waals surface area contributed by atoms with Crippen LogP contribution >= 0.6 is 0 Å². The zero-order chi connectivity index (χ0) is 10.1. The fraction of sp³-hybridized carbons (Fsp3) is 1.00. The van der Waals surface area contributed by atoms with Gasteiger partial charge >= 0.3 is 0 Å². The molecule has 0 heterocycles. The summed E-state index contributed by atoms with van der Waals surface area (Å²) in [6.45, 7) is 4.02. The minimum Gasteiger partial charge on any atom is -0.393 e. The van der Waals surface area contributed by atoms with Crippen molar-refractivity contribution in [1.29, 1.82) is 0 Å². The summed E-state index contributed by atoms with van der Waals surface area (Å²) in [6, 6.07) is 0.196. The van der Waals surface area contributed by atoms with Crippen molar-refractivity contribution in [3.05, 3.63) is 0 Å². The van der Waals surface area contributed by atoms with E-state index in [0.717, 1.165) is 12.8 Å². The van der Waals surface area contributed by atoms with Crippen molar-refractivity contribution in [3.63, 3.8) is 0 Å². The molecule has 80 valence electrons. The average Bonchev–Trinajstić information content (AvgIpc) is 2.02. The summed E-state index contributed by atoms with van der Waals surface area (Å²) >= 11 is 0. The summed E-state index contributed by atoms with van der Waals surface area (Å²) < 4.78 is 0. The van der Waals surface area contributed by atoms with Gasteiger partial charge in [-0.2, -0.15) is 0 Å². The first-order valence-corrected chi connectivity index (χ1v) is 5.60. The van der Waals surface area contributed by atoms with E-state index in [1.54, 1.807) is 6.92 Å². The van der Waals surface area contributed by atoms with Gasteiger partial charge in [0.2, 0.25) is 0 Å². The lowest BCUT2D eigenvalue weighted by Crippen LogP contribution is -2.24. The van der Waals surface area contributed by atoms with Gasteiger partial charge in [-0.1, -0.05) is 39.0 Å². The molecule has 13 heavy (non-hydrogen) atoms. The van der Waals surface area contributed by atoms with Crippen LogP contribution < -0.4 is 5.73 Å². The normalized spacial score (nSPS) is 15.7. The van der Waals surface area contributed by atoms with Gasteiger partial charge in [0.05, 0.1) is 6.10 Å². The number of hydrogen-bond acceptors (Lipinski definition) is 2. The molecule has 2 nitrogen and oxygen atoms in total. The van der Waals surface area contributed by atoms with Crippen molar-refractivity contribution in [2.45, 2.75) is 70.9 Å². The Bertz CT molecular complexity index is 104. The minimum atomic E-state index is -0.245. The summed E-state index contributed by atoms with van der Waals surface area (Å²) in [5, 5.41) is 9.08. The Morgan fingerprint density at radius 1 is 1.15 bits per heavy atom. The Balaban J connectivity index is 3.12. The molecule has 0 spiro atoms. The maximum absolute atomic E-state index is 9.08. The van der Waals surface area contributed by atoms with Gasteiger partial charge in [0.15, 0.2) is 0 Å². The number of nitrogens with two attached hydrogens (primary N) is 1. The van der Waals surface area contributed by atoms with Gasteiger partial charge in [-0.25, -0.2) is 0 Å². The molecule has 0 aliphatic heterocycles. The summed E-state index contributed by atoms with van der Waals surface area (Å²) in [7, 11) is 0. The molecule has 0 saturated carbocycles. The lowest BCUT2D eigenvalue weighted by atomic mass is 10.0. The molecule has 0 rings (SSSR count). The molecule has 2 unspecified atom stereocenters. The number of rotatable bonds is 8. The van der Waals surface area contributed by atoms with Gasteiger partial charge in [0, 0.05) is 6.04 Å². The number of hydrogen-bond donors (Lipinski definition) is 2. The van der Waals surface area contributed by atoms with Gasteiger partial charge in [-0.15, -0.1) is 0 Å². The Morgan fingerprint density at radius 2 is 1.77 bits per heavy atom. The Hall–Kier alpha value is -0.0800. The third kappa shape index (κ3) is 9.84. The molecule has 0 amide bonds. The molecule has 0 radical (unpaired) electrons. The first-order valence-electron chi connectivity index (χ1n) is 5.60. The summed E-state index contributed by atoms with van der Waals surface area (Å²) in [6.07, 6.45) is 8.03. The highest BCUT2D eigenvalue weighted by Crippen LogP contribution is 2.08. The first-order chi connectivity index (χ1) is 6.16. The number of aliphatic hydroxyl groups is 1. The molecule has 0 aliphatic rings. The van der Waals surface area contributed by atoms with E-state index in [1.807, 2.05) is 0 Å². The molecular formula is C11H25NO. The Kier molecular flexibility index (Phi) is 8.46. The second-order valence-electron chi connectivity index (χ2n) is 4.05. The molecular weight excluding hydrogens is 162 g/mol. The second-order valence-corrected chi connectivity index (χ2v) is 4.05. The van der Waals surface area contributed by atoms with E-state index >= 15 is 0 Å². The molecule has 0 aromatic heterocycles. The molecule has 0 saturated heterocycles. The molecule has 2 heteroatoms. The standard InChI is InChI=1S/C11H25NO/c1-3-4-5-6-7-8-11(12)9-10(2)13/h10-11,13H,3-9,12H2,1-2H3. The van der Waals surface area contributed by atoms with Crippen molar-refractivity contribution in [1.82, 2.24) is 0 Å². The van der Waals surface area contributed by atoms with E-state index in [4.69, 9.17) is 10.8 Å². The van der Waals surface area contributed by atoms with Crippen LogP contribution in [0, 0.1) is 0 Å². The van der Waals surface area contributed by atoms with Crippen LogP contribution in [0.1, 0.15) is 58.8 Å². The highest BCUT2D eigenvalue weighted by molar-refractivity contribution is 4.64. The Labute approximate surface area is 82.5 Å². The zero-order valence-corrected chi connectivity index (χ0v) is 9.13. The lowest BCUT2D eigenvalue weighted by Gasteiger charge is -2.12. The molecule has 3 N–H and O–H groups in total. The van der Waals surface area contributed by atoms with E-state index < -0.39 is 0 Å². The quantitative estimate of drug-likeness (QED) is 0.573. The highest BCUT2D eigenvalue weighted by atomic mass is 16.3. The van der Waals surface area contributed by atoms with Crippen LogP contribution in [0.15, 0.2) is 0 Å². The Morgan fingerprint density at radius 3 is 2.31 bits per heavy atom. The fourth-order valence-electron chi connectivity index (χ4n) is 1.57. The van der Waals surface area contributed by atoms with Gasteiger partial charge < -0.3 is 10.8 Å². The lowest BCUT2D eigenvalue weighted by molar-refractivity contribution is 0.172. The number of aliphatic hydroxyl groups excluding tert-OH is 1. The van der Waals surface area contributed by atoms with Crippen LogP contribution in [-0.4, -0.2) is 17.3 Å². The molecule has 2 atom stereocenters. The fourth-order valence-corrected chi connectivity index (χ4v) is 1.57. The van der Waals surface area contributed by atoms with Gasteiger partial charge in [-0.05, 0) is 19.8 Å². The van der Waals surface area contributed by atoms with Gasteiger partial charge in [0.1, 0.15) is 0 Å². The molecule has 0 aromatic carbocycles. The molecule has 0 bridgehead atoms. The third-order valence-electron chi connectivity index (χ3n) is 2.32. The predicted octanol–water partition coefficient (Wildman–Crippen LogP) is 2.45. The van der Waals surface area contributed by atoms with E-state index in [-0.39, 0.29) is 12.1 Å². The van der Waals surface area contributed by atoms with Crippen molar-refractivity contribution in [2.75, 3.05) is 0 Å². The number of unbranched alkanes of at least 4 members (excludes halogenated alkanes) is 4. The van der Waals surface area contributed by atoms with Crippen LogP contribution in [0.2, 0.25) is 0 Å². The van der Waals surface area contributed by atoms with Crippen LogP contribution in [0.4, 0.5) is 0 Å². The first kappa shape index (κ1) is 12.9. The van der Waals surface area contributed by atoms with Crippen molar-refractivity contribution >= 4 is 0 Å². The maximum atomic E-state index is 9.08. The van der Waals surface area contributed by atoms with E-state index in [9.17, 15) is 0 Å². The van der Waals surface area contributed by atoms with Crippen LogP contribution in [0.5, 0.6) is 0 Å². The molecule has 0 fully saturated rings. The van der Waals surface area contributed by atoms with Crippen LogP contribution in [-0.2, 0) is 0 Å². The van der Waals surface area contributed by atoms with Gasteiger partial charge in [0.25, 0.3) is 0 Å². The van der Waals surface area contributed by atoms with Gasteiger partial charge in [-0.3, -0.25) is 0 Å². The second kappa shape index (κ2) is 8.52. The maximum Gasteiger partial charge on any atom is 0.0526 e. The predicted molar refractivity (Wildman–Crippen MR) is 57.6 cm³/mol. The summed E-state index contributed by atoms with van der Waals surface area (Å²) in [4.78, 5) is 0. The summed E-state index contributed by atoms with van der Waals surface area (Å²) in [5.74, 6) is 0. The zero-order valence-electron chi connectivity index (χ0n) is 9.13. The van der Waals surface area contributed by atoms with Crippen LogP contribution in [0.3, 0.4) is 0 Å². The van der Waals surface area contributed by atoms with Crippen LogP contribution in [0.25, 0.3) is 0 Å². The molecule has 0 aromatic rings. The minimum absolute atomic E-state index is 0.196. The third-order valence-corrected chi connectivity index (χ3v) is 2.32.